The van der Waals surface area contributed by atoms with Crippen LogP contribution in [-0.2, 0) is 6.54 Å². The lowest BCUT2D eigenvalue weighted by atomic mass is 10.1. The molecule has 0 bridgehead atoms. The fourth-order valence-electron chi connectivity index (χ4n) is 1.82. The predicted octanol–water partition coefficient (Wildman–Crippen LogP) is 3.38. The Bertz CT molecular complexity index is 508. The third kappa shape index (κ3) is 3.37. The van der Waals surface area contributed by atoms with Gasteiger partial charge in [-0.1, -0.05) is 18.2 Å². The Morgan fingerprint density at radius 1 is 1.17 bits per heavy atom. The van der Waals surface area contributed by atoms with E-state index in [9.17, 15) is 4.39 Å². The van der Waals surface area contributed by atoms with Crippen molar-refractivity contribution in [2.45, 2.75) is 26.4 Å². The second kappa shape index (κ2) is 5.74. The highest BCUT2D eigenvalue weighted by molar-refractivity contribution is 5.19. The van der Waals surface area contributed by atoms with Crippen molar-refractivity contribution < 1.29 is 4.39 Å². The summed E-state index contributed by atoms with van der Waals surface area (Å²) < 4.78 is 12.8. The lowest BCUT2D eigenvalue weighted by Gasteiger charge is -2.14. The molecule has 0 saturated heterocycles. The largest absolute Gasteiger partial charge is 0.305 e. The van der Waals surface area contributed by atoms with E-state index in [0.29, 0.717) is 6.54 Å². The van der Waals surface area contributed by atoms with Gasteiger partial charge in [-0.25, -0.2) is 4.39 Å². The third-order valence-electron chi connectivity index (χ3n) is 2.91. The Morgan fingerprint density at radius 2 is 1.89 bits per heavy atom. The molecule has 0 aliphatic rings. The summed E-state index contributed by atoms with van der Waals surface area (Å²) in [6.07, 6.45) is 0. The summed E-state index contributed by atoms with van der Waals surface area (Å²) in [7, 11) is 0. The Morgan fingerprint density at radius 3 is 2.56 bits per heavy atom. The van der Waals surface area contributed by atoms with E-state index in [4.69, 9.17) is 0 Å². The molecule has 2 aromatic rings. The van der Waals surface area contributed by atoms with Crippen LogP contribution in [0.2, 0.25) is 0 Å². The Balaban J connectivity index is 1.96. The number of aromatic nitrogens is 1. The fourth-order valence-corrected chi connectivity index (χ4v) is 1.82. The van der Waals surface area contributed by atoms with Gasteiger partial charge in [-0.05, 0) is 43.7 Å². The summed E-state index contributed by atoms with van der Waals surface area (Å²) in [5, 5.41) is 3.38. The van der Waals surface area contributed by atoms with Crippen LogP contribution in [0.1, 0.15) is 29.9 Å². The van der Waals surface area contributed by atoms with Crippen molar-refractivity contribution in [1.29, 1.82) is 0 Å². The predicted molar refractivity (Wildman–Crippen MR) is 70.6 cm³/mol. The molecule has 1 atom stereocenters. The van der Waals surface area contributed by atoms with E-state index in [2.05, 4.69) is 17.2 Å². The lowest BCUT2D eigenvalue weighted by molar-refractivity contribution is 0.564. The minimum atomic E-state index is -0.202. The van der Waals surface area contributed by atoms with E-state index >= 15 is 0 Å². The van der Waals surface area contributed by atoms with Crippen molar-refractivity contribution >= 4 is 0 Å². The Hall–Kier alpha value is -1.74. The maximum absolute atomic E-state index is 12.8. The van der Waals surface area contributed by atoms with Gasteiger partial charge in [0.1, 0.15) is 5.82 Å². The normalized spacial score (nSPS) is 12.4. The number of benzene rings is 1. The van der Waals surface area contributed by atoms with Crippen molar-refractivity contribution in [2.24, 2.45) is 0 Å². The van der Waals surface area contributed by atoms with Crippen LogP contribution in [0.15, 0.2) is 42.5 Å². The molecule has 0 saturated carbocycles. The van der Waals surface area contributed by atoms with Crippen LogP contribution in [0.5, 0.6) is 0 Å². The molecule has 1 aromatic heterocycles. The van der Waals surface area contributed by atoms with Gasteiger partial charge in [-0.2, -0.15) is 0 Å². The zero-order valence-electron chi connectivity index (χ0n) is 10.7. The summed E-state index contributed by atoms with van der Waals surface area (Å²) in [6.45, 7) is 4.75. The highest BCUT2D eigenvalue weighted by atomic mass is 19.1. The van der Waals surface area contributed by atoms with Gasteiger partial charge in [0.15, 0.2) is 0 Å². The second-order valence-electron chi connectivity index (χ2n) is 4.42. The van der Waals surface area contributed by atoms with Gasteiger partial charge in [0.2, 0.25) is 0 Å². The zero-order valence-corrected chi connectivity index (χ0v) is 10.7. The number of halogens is 1. The van der Waals surface area contributed by atoms with Crippen LogP contribution in [0.4, 0.5) is 4.39 Å². The molecule has 0 amide bonds. The van der Waals surface area contributed by atoms with Crippen LogP contribution in [-0.4, -0.2) is 4.98 Å². The van der Waals surface area contributed by atoms with E-state index in [0.717, 1.165) is 17.0 Å². The van der Waals surface area contributed by atoms with Crippen LogP contribution in [0, 0.1) is 12.7 Å². The van der Waals surface area contributed by atoms with Crippen molar-refractivity contribution in [1.82, 2.24) is 10.3 Å². The first-order valence-corrected chi connectivity index (χ1v) is 6.06. The van der Waals surface area contributed by atoms with Crippen molar-refractivity contribution in [3.63, 3.8) is 0 Å². The standard InChI is InChI=1S/C15H17FN2/c1-11-4-3-5-15(18-11)10-17-12(2)13-6-8-14(16)9-7-13/h3-9,12,17H,10H2,1-2H3/t12-/m0/s1. The Kier molecular flexibility index (Phi) is 4.05. The molecule has 0 fully saturated rings. The van der Waals surface area contributed by atoms with Gasteiger partial charge in [0, 0.05) is 18.3 Å². The molecule has 0 aliphatic heterocycles. The molecular formula is C15H17FN2. The molecule has 18 heavy (non-hydrogen) atoms. The molecule has 2 nitrogen and oxygen atoms in total. The molecule has 1 heterocycles. The second-order valence-corrected chi connectivity index (χ2v) is 4.42. The smallest absolute Gasteiger partial charge is 0.123 e. The summed E-state index contributed by atoms with van der Waals surface area (Å²) in [5.74, 6) is -0.202. The number of nitrogens with one attached hydrogen (secondary N) is 1. The Labute approximate surface area is 107 Å². The van der Waals surface area contributed by atoms with Gasteiger partial charge in [0.25, 0.3) is 0 Å². The molecule has 0 radical (unpaired) electrons. The van der Waals surface area contributed by atoms with Crippen LogP contribution >= 0.6 is 0 Å². The quantitative estimate of drug-likeness (QED) is 0.891. The van der Waals surface area contributed by atoms with Gasteiger partial charge in [0.05, 0.1) is 5.69 Å². The molecule has 1 N–H and O–H groups in total. The summed E-state index contributed by atoms with van der Waals surface area (Å²) >= 11 is 0. The lowest BCUT2D eigenvalue weighted by Crippen LogP contribution is -2.18. The maximum Gasteiger partial charge on any atom is 0.123 e. The molecule has 94 valence electrons. The zero-order chi connectivity index (χ0) is 13.0. The van der Waals surface area contributed by atoms with Crippen molar-refractivity contribution in [3.8, 4) is 0 Å². The molecule has 1 aromatic carbocycles. The average Bonchev–Trinajstić information content (AvgIpc) is 2.37. The summed E-state index contributed by atoms with van der Waals surface area (Å²) in [4.78, 5) is 4.43. The fraction of sp³-hybridized carbons (Fsp3) is 0.267. The van der Waals surface area contributed by atoms with Crippen LogP contribution < -0.4 is 5.32 Å². The van der Waals surface area contributed by atoms with Crippen LogP contribution in [0.3, 0.4) is 0 Å². The molecule has 2 rings (SSSR count). The topological polar surface area (TPSA) is 24.9 Å². The summed E-state index contributed by atoms with van der Waals surface area (Å²) in [6, 6.07) is 12.7. The van der Waals surface area contributed by atoms with Gasteiger partial charge in [-0.15, -0.1) is 0 Å². The SMILES string of the molecule is Cc1cccc(CN[C@@H](C)c2ccc(F)cc2)n1. The van der Waals surface area contributed by atoms with Crippen LogP contribution in [0.25, 0.3) is 0 Å². The van der Waals surface area contributed by atoms with Crippen molar-refractivity contribution in [2.75, 3.05) is 0 Å². The number of hydrogen-bond donors (Lipinski definition) is 1. The van der Waals surface area contributed by atoms with E-state index in [1.807, 2.05) is 25.1 Å². The molecule has 3 heteroatoms. The minimum Gasteiger partial charge on any atom is -0.305 e. The van der Waals surface area contributed by atoms with Gasteiger partial charge >= 0.3 is 0 Å². The molecule has 0 unspecified atom stereocenters. The van der Waals surface area contributed by atoms with E-state index in [1.54, 1.807) is 12.1 Å². The first-order valence-electron chi connectivity index (χ1n) is 6.06. The van der Waals surface area contributed by atoms with Crippen molar-refractivity contribution in [3.05, 3.63) is 65.2 Å². The third-order valence-corrected chi connectivity index (χ3v) is 2.91. The highest BCUT2D eigenvalue weighted by Crippen LogP contribution is 2.13. The molecule has 0 aliphatic carbocycles. The van der Waals surface area contributed by atoms with E-state index in [1.165, 1.54) is 12.1 Å². The number of hydrogen-bond acceptors (Lipinski definition) is 2. The maximum atomic E-state index is 12.8. The number of rotatable bonds is 4. The van der Waals surface area contributed by atoms with E-state index in [-0.39, 0.29) is 11.9 Å². The molecular weight excluding hydrogens is 227 g/mol. The van der Waals surface area contributed by atoms with Gasteiger partial charge < -0.3 is 5.32 Å². The minimum absolute atomic E-state index is 0.174. The number of aryl methyl sites for hydroxylation is 1. The first-order chi connectivity index (χ1) is 8.65. The first kappa shape index (κ1) is 12.7. The number of pyridine rings is 1. The monoisotopic (exact) mass is 244 g/mol. The summed E-state index contributed by atoms with van der Waals surface area (Å²) in [5.41, 5.74) is 3.11. The number of nitrogens with zero attached hydrogens (tertiary/aromatic N) is 1. The van der Waals surface area contributed by atoms with E-state index < -0.39 is 0 Å². The van der Waals surface area contributed by atoms with Gasteiger partial charge in [-0.3, -0.25) is 4.98 Å². The molecule has 0 spiro atoms. The average molecular weight is 244 g/mol. The highest BCUT2D eigenvalue weighted by Gasteiger charge is 2.05.